The third-order valence-corrected chi connectivity index (χ3v) is 5.13. The maximum Gasteiger partial charge on any atom is 0.243 e. The summed E-state index contributed by atoms with van der Waals surface area (Å²) in [4.78, 5) is 30.4. The molecule has 1 N–H and O–H groups in total. The number of carbonyl (C=O) groups excluding carboxylic acids is 2. The number of likely N-dealkylation sites (N-methyl/N-ethyl adjacent to an activating group) is 1. The second-order valence-electron chi connectivity index (χ2n) is 7.53. The molecule has 0 saturated carbocycles. The Morgan fingerprint density at radius 2 is 1.80 bits per heavy atom. The van der Waals surface area contributed by atoms with E-state index in [-0.39, 0.29) is 24.8 Å². The fraction of sp³-hybridized carbons (Fsp3) is 0.292. The summed E-state index contributed by atoms with van der Waals surface area (Å²) in [6, 6.07) is 13.7. The number of nitrogens with zero attached hydrogens (tertiary/aromatic N) is 2. The van der Waals surface area contributed by atoms with Crippen LogP contribution < -0.4 is 5.32 Å². The quantitative estimate of drug-likeness (QED) is 0.636. The van der Waals surface area contributed by atoms with Gasteiger partial charge in [0.05, 0.1) is 12.7 Å². The number of benzene rings is 2. The zero-order valence-corrected chi connectivity index (χ0v) is 17.9. The molecule has 3 aromatic rings. The van der Waals surface area contributed by atoms with E-state index in [0.29, 0.717) is 18.1 Å². The molecule has 2 aromatic carbocycles. The minimum atomic E-state index is -0.225. The van der Waals surface area contributed by atoms with Crippen molar-refractivity contribution in [2.24, 2.45) is 0 Å². The van der Waals surface area contributed by atoms with Crippen molar-refractivity contribution in [3.63, 3.8) is 0 Å². The van der Waals surface area contributed by atoms with Crippen molar-refractivity contribution < 1.29 is 14.0 Å². The van der Waals surface area contributed by atoms with Crippen molar-refractivity contribution >= 4 is 17.5 Å². The van der Waals surface area contributed by atoms with Crippen LogP contribution in [0, 0.1) is 20.8 Å². The van der Waals surface area contributed by atoms with E-state index in [2.05, 4.69) is 10.3 Å². The molecule has 0 aliphatic carbocycles. The van der Waals surface area contributed by atoms with Gasteiger partial charge in [0, 0.05) is 31.1 Å². The zero-order chi connectivity index (χ0) is 21.7. The molecule has 0 radical (unpaired) electrons. The molecule has 0 fully saturated rings. The minimum absolute atomic E-state index is 0.00752. The predicted molar refractivity (Wildman–Crippen MR) is 117 cm³/mol. The summed E-state index contributed by atoms with van der Waals surface area (Å²) >= 11 is 0. The molecule has 0 unspecified atom stereocenters. The molecule has 2 amide bonds. The third kappa shape index (κ3) is 5.35. The zero-order valence-electron chi connectivity index (χ0n) is 17.9. The Morgan fingerprint density at radius 3 is 2.53 bits per heavy atom. The van der Waals surface area contributed by atoms with Crippen LogP contribution in [0.1, 0.15) is 29.0 Å². The van der Waals surface area contributed by atoms with E-state index < -0.39 is 0 Å². The normalized spacial score (nSPS) is 10.7. The first kappa shape index (κ1) is 21.3. The Balaban J connectivity index is 1.50. The van der Waals surface area contributed by atoms with Crippen LogP contribution >= 0.6 is 0 Å². The molecule has 6 heteroatoms. The minimum Gasteiger partial charge on any atom is -0.441 e. The van der Waals surface area contributed by atoms with E-state index >= 15 is 0 Å². The Bertz CT molecular complexity index is 1040. The number of aryl methyl sites for hydroxylation is 3. The van der Waals surface area contributed by atoms with E-state index in [9.17, 15) is 9.59 Å². The van der Waals surface area contributed by atoms with Crippen molar-refractivity contribution in [2.75, 3.05) is 18.9 Å². The highest BCUT2D eigenvalue weighted by atomic mass is 16.4. The molecular weight excluding hydrogens is 378 g/mol. The number of amides is 2. The van der Waals surface area contributed by atoms with Crippen LogP contribution in [0.4, 0.5) is 5.69 Å². The van der Waals surface area contributed by atoms with Crippen molar-refractivity contribution in [3.05, 3.63) is 71.2 Å². The highest BCUT2D eigenvalue weighted by Gasteiger charge is 2.15. The van der Waals surface area contributed by atoms with Gasteiger partial charge in [-0.3, -0.25) is 9.59 Å². The molecule has 0 aliphatic heterocycles. The molecule has 156 valence electrons. The molecule has 0 aliphatic rings. The number of hydrogen-bond acceptors (Lipinski definition) is 4. The number of aromatic nitrogens is 1. The first-order valence-corrected chi connectivity index (χ1v) is 9.95. The number of anilines is 1. The first-order valence-electron chi connectivity index (χ1n) is 9.95. The molecular formula is C24H27N3O3. The van der Waals surface area contributed by atoms with Gasteiger partial charge in [0.15, 0.2) is 11.7 Å². The number of rotatable bonds is 7. The number of nitrogens with one attached hydrogen (secondary N) is 1. The highest BCUT2D eigenvalue weighted by molar-refractivity contribution is 5.95. The van der Waals surface area contributed by atoms with Gasteiger partial charge in [0.1, 0.15) is 0 Å². The van der Waals surface area contributed by atoms with E-state index in [1.165, 1.54) is 10.5 Å². The molecule has 0 atom stereocenters. The molecule has 30 heavy (non-hydrogen) atoms. The summed E-state index contributed by atoms with van der Waals surface area (Å²) in [6.45, 7) is 5.97. The second kappa shape index (κ2) is 9.39. The lowest BCUT2D eigenvalue weighted by atomic mass is 10.1. The van der Waals surface area contributed by atoms with E-state index in [1.54, 1.807) is 13.2 Å². The lowest BCUT2D eigenvalue weighted by Gasteiger charge is -2.17. The lowest BCUT2D eigenvalue weighted by molar-refractivity contribution is -0.133. The summed E-state index contributed by atoms with van der Waals surface area (Å²) in [5.41, 5.74) is 5.02. The van der Waals surface area contributed by atoms with E-state index in [4.69, 9.17) is 4.42 Å². The van der Waals surface area contributed by atoms with Gasteiger partial charge < -0.3 is 14.6 Å². The third-order valence-electron chi connectivity index (χ3n) is 5.13. The van der Waals surface area contributed by atoms with Crippen LogP contribution in [0.15, 0.2) is 53.1 Å². The Labute approximate surface area is 176 Å². The van der Waals surface area contributed by atoms with Crippen molar-refractivity contribution in [1.82, 2.24) is 9.88 Å². The first-order chi connectivity index (χ1) is 14.3. The van der Waals surface area contributed by atoms with Gasteiger partial charge in [-0.2, -0.15) is 0 Å². The summed E-state index contributed by atoms with van der Waals surface area (Å²) in [7, 11) is 1.62. The van der Waals surface area contributed by atoms with Gasteiger partial charge in [-0.1, -0.05) is 42.0 Å². The summed E-state index contributed by atoms with van der Waals surface area (Å²) < 4.78 is 5.76. The maximum absolute atomic E-state index is 12.4. The fourth-order valence-electron chi connectivity index (χ4n) is 3.06. The number of carbonyl (C=O) groups is 2. The molecule has 3 rings (SSSR count). The van der Waals surface area contributed by atoms with Crippen molar-refractivity contribution in [3.8, 4) is 11.3 Å². The van der Waals surface area contributed by atoms with E-state index in [1.807, 2.05) is 63.2 Å². The average Bonchev–Trinajstić information content (AvgIpc) is 3.19. The Kier molecular flexibility index (Phi) is 6.67. The average molecular weight is 405 g/mol. The van der Waals surface area contributed by atoms with Crippen LogP contribution in [0.2, 0.25) is 0 Å². The predicted octanol–water partition coefficient (Wildman–Crippen LogP) is 4.30. The number of oxazole rings is 1. The maximum atomic E-state index is 12.4. The topological polar surface area (TPSA) is 75.4 Å². The van der Waals surface area contributed by atoms with Gasteiger partial charge in [-0.05, 0) is 38.0 Å². The van der Waals surface area contributed by atoms with Crippen LogP contribution in [0.5, 0.6) is 0 Å². The summed E-state index contributed by atoms with van der Waals surface area (Å²) in [5, 5.41) is 2.87. The summed E-state index contributed by atoms with van der Waals surface area (Å²) in [5.74, 6) is 0.824. The van der Waals surface area contributed by atoms with Gasteiger partial charge in [-0.15, -0.1) is 0 Å². The smallest absolute Gasteiger partial charge is 0.243 e. The second-order valence-corrected chi connectivity index (χ2v) is 7.53. The largest absolute Gasteiger partial charge is 0.441 e. The molecule has 0 bridgehead atoms. The van der Waals surface area contributed by atoms with Crippen LogP contribution in [0.25, 0.3) is 11.3 Å². The van der Waals surface area contributed by atoms with Gasteiger partial charge in [-0.25, -0.2) is 4.98 Å². The standard InChI is InChI=1S/C24H27N3O3/c1-16-8-10-19(11-9-16)21-14-25-23(30-21)12-13-24(29)27(4)15-22(28)26-20-7-5-6-17(2)18(20)3/h5-11,14H,12-13,15H2,1-4H3,(H,26,28). The van der Waals surface area contributed by atoms with Gasteiger partial charge >= 0.3 is 0 Å². The molecule has 1 aromatic heterocycles. The Morgan fingerprint density at radius 1 is 1.07 bits per heavy atom. The van der Waals surface area contributed by atoms with Crippen LogP contribution in [-0.4, -0.2) is 35.3 Å². The summed E-state index contributed by atoms with van der Waals surface area (Å²) in [6.07, 6.45) is 2.28. The van der Waals surface area contributed by atoms with Crippen molar-refractivity contribution in [2.45, 2.75) is 33.6 Å². The fourth-order valence-corrected chi connectivity index (χ4v) is 3.06. The monoisotopic (exact) mass is 405 g/mol. The van der Waals surface area contributed by atoms with Crippen molar-refractivity contribution in [1.29, 1.82) is 0 Å². The molecule has 6 nitrogen and oxygen atoms in total. The van der Waals surface area contributed by atoms with Gasteiger partial charge in [0.25, 0.3) is 0 Å². The highest BCUT2D eigenvalue weighted by Crippen LogP contribution is 2.21. The van der Waals surface area contributed by atoms with Crippen LogP contribution in [0.3, 0.4) is 0 Å². The van der Waals surface area contributed by atoms with Crippen LogP contribution in [-0.2, 0) is 16.0 Å². The Hall–Kier alpha value is -3.41. The molecule has 0 saturated heterocycles. The molecule has 0 spiro atoms. The van der Waals surface area contributed by atoms with E-state index in [0.717, 1.165) is 22.4 Å². The number of hydrogen-bond donors (Lipinski definition) is 1. The molecule has 1 heterocycles. The van der Waals surface area contributed by atoms with Gasteiger partial charge in [0.2, 0.25) is 11.8 Å². The lowest BCUT2D eigenvalue weighted by Crippen LogP contribution is -2.35. The SMILES string of the molecule is Cc1ccc(-c2cnc(CCC(=O)N(C)CC(=O)Nc3cccc(C)c3C)o2)cc1.